The summed E-state index contributed by atoms with van der Waals surface area (Å²) in [5.41, 5.74) is 5.75. The van der Waals surface area contributed by atoms with Crippen LogP contribution in [0.1, 0.15) is 46.0 Å². The van der Waals surface area contributed by atoms with Crippen molar-refractivity contribution in [3.63, 3.8) is 0 Å². The number of anilines is 2. The molecule has 1 aromatic rings. The molecule has 0 aromatic carbocycles. The smallest absolute Gasteiger partial charge is 0.323 e. The highest BCUT2D eigenvalue weighted by Crippen LogP contribution is 2.24. The predicted octanol–water partition coefficient (Wildman–Crippen LogP) is 2.01. The van der Waals surface area contributed by atoms with Crippen molar-refractivity contribution in [2.75, 3.05) is 23.8 Å². The summed E-state index contributed by atoms with van der Waals surface area (Å²) >= 11 is 0. The van der Waals surface area contributed by atoms with Gasteiger partial charge in [-0.05, 0) is 26.2 Å². The van der Waals surface area contributed by atoms with Gasteiger partial charge >= 0.3 is 6.01 Å². The summed E-state index contributed by atoms with van der Waals surface area (Å²) in [6.45, 7) is 5.62. The van der Waals surface area contributed by atoms with Crippen LogP contribution in [0.25, 0.3) is 0 Å². The van der Waals surface area contributed by atoms with Crippen LogP contribution in [0.4, 0.5) is 11.9 Å². The van der Waals surface area contributed by atoms with E-state index in [-0.39, 0.29) is 5.95 Å². The second kappa shape index (κ2) is 6.54. The molecule has 1 unspecified atom stereocenters. The van der Waals surface area contributed by atoms with Crippen LogP contribution in [0.3, 0.4) is 0 Å². The van der Waals surface area contributed by atoms with Crippen LogP contribution >= 0.6 is 0 Å². The summed E-state index contributed by atoms with van der Waals surface area (Å²) in [5.74, 6) is 0.886. The molecule has 0 bridgehead atoms. The number of hydrogen-bond donors (Lipinski definition) is 1. The Bertz CT molecular complexity index is 412. The molecule has 0 amide bonds. The van der Waals surface area contributed by atoms with Crippen LogP contribution in [0.5, 0.6) is 6.01 Å². The summed E-state index contributed by atoms with van der Waals surface area (Å²) in [4.78, 5) is 14.9. The van der Waals surface area contributed by atoms with Crippen LogP contribution in [0.2, 0.25) is 0 Å². The number of nitrogens with two attached hydrogens (primary N) is 1. The molecule has 2 N–H and O–H groups in total. The maximum Gasteiger partial charge on any atom is 0.323 e. The first kappa shape index (κ1) is 13.8. The molecule has 0 radical (unpaired) electrons. The Balaban J connectivity index is 2.26. The zero-order valence-electron chi connectivity index (χ0n) is 11.8. The van der Waals surface area contributed by atoms with Gasteiger partial charge in [0.25, 0.3) is 0 Å². The van der Waals surface area contributed by atoms with Gasteiger partial charge in [0.15, 0.2) is 0 Å². The molecule has 19 heavy (non-hydrogen) atoms. The molecule has 6 heteroatoms. The van der Waals surface area contributed by atoms with E-state index in [9.17, 15) is 0 Å². The van der Waals surface area contributed by atoms with Gasteiger partial charge in [0, 0.05) is 12.6 Å². The number of ether oxygens (including phenoxy) is 1. The van der Waals surface area contributed by atoms with Crippen LogP contribution in [-0.2, 0) is 0 Å². The maximum atomic E-state index is 5.75. The number of nitrogens with zero attached hydrogens (tertiary/aromatic N) is 4. The zero-order chi connectivity index (χ0) is 13.7. The molecule has 1 aromatic heterocycles. The Hall–Kier alpha value is -1.59. The van der Waals surface area contributed by atoms with E-state index in [1.165, 1.54) is 25.7 Å². The Labute approximate surface area is 114 Å². The normalized spacial score (nSPS) is 20.1. The largest absolute Gasteiger partial charge is 0.464 e. The maximum absolute atomic E-state index is 5.75. The number of rotatable bonds is 4. The van der Waals surface area contributed by atoms with Gasteiger partial charge in [0.2, 0.25) is 11.9 Å². The highest BCUT2D eigenvalue weighted by Gasteiger charge is 2.23. The Morgan fingerprint density at radius 2 is 2.05 bits per heavy atom. The van der Waals surface area contributed by atoms with Crippen molar-refractivity contribution in [3.05, 3.63) is 0 Å². The first-order valence-electron chi connectivity index (χ1n) is 7.15. The van der Waals surface area contributed by atoms with Crippen molar-refractivity contribution in [2.24, 2.45) is 0 Å². The highest BCUT2D eigenvalue weighted by molar-refractivity contribution is 5.37. The lowest BCUT2D eigenvalue weighted by Crippen LogP contribution is -2.36. The Kier molecular flexibility index (Phi) is 4.76. The van der Waals surface area contributed by atoms with Gasteiger partial charge in [-0.3, -0.25) is 0 Å². The van der Waals surface area contributed by atoms with E-state index in [0.29, 0.717) is 24.6 Å². The second-order valence-corrected chi connectivity index (χ2v) is 4.81. The quantitative estimate of drug-likeness (QED) is 0.897. The predicted molar refractivity (Wildman–Crippen MR) is 75.3 cm³/mol. The topological polar surface area (TPSA) is 77.2 Å². The summed E-state index contributed by atoms with van der Waals surface area (Å²) in [6, 6.07) is 0.808. The average molecular weight is 265 g/mol. The highest BCUT2D eigenvalue weighted by atomic mass is 16.5. The van der Waals surface area contributed by atoms with Crippen molar-refractivity contribution in [2.45, 2.75) is 52.0 Å². The molecule has 2 heterocycles. The Morgan fingerprint density at radius 1 is 1.21 bits per heavy atom. The molecule has 1 fully saturated rings. The molecule has 6 nitrogen and oxygen atoms in total. The van der Waals surface area contributed by atoms with Gasteiger partial charge in [-0.15, -0.1) is 0 Å². The molecule has 1 atom stereocenters. The fourth-order valence-corrected chi connectivity index (χ4v) is 2.55. The summed E-state index contributed by atoms with van der Waals surface area (Å²) < 4.78 is 5.35. The fraction of sp³-hybridized carbons (Fsp3) is 0.769. The third-order valence-electron chi connectivity index (χ3n) is 3.50. The van der Waals surface area contributed by atoms with E-state index in [4.69, 9.17) is 10.5 Å². The van der Waals surface area contributed by atoms with Gasteiger partial charge in [-0.25, -0.2) is 0 Å². The van der Waals surface area contributed by atoms with Gasteiger partial charge in [0.05, 0.1) is 6.61 Å². The molecule has 2 rings (SSSR count). The first-order chi connectivity index (χ1) is 9.24. The lowest BCUT2D eigenvalue weighted by atomic mass is 10.1. The molecule has 1 aliphatic heterocycles. The SMILES string of the molecule is CCOc1nc(N)nc(N2CCCCCC2CC)n1. The molecular formula is C13H23N5O. The minimum Gasteiger partial charge on any atom is -0.464 e. The fourth-order valence-electron chi connectivity index (χ4n) is 2.55. The van der Waals surface area contributed by atoms with E-state index in [1.807, 2.05) is 6.92 Å². The number of nitrogen functional groups attached to an aromatic ring is 1. The third-order valence-corrected chi connectivity index (χ3v) is 3.50. The van der Waals surface area contributed by atoms with Gasteiger partial charge in [-0.2, -0.15) is 15.0 Å². The van der Waals surface area contributed by atoms with Crippen LogP contribution in [0, 0.1) is 0 Å². The lowest BCUT2D eigenvalue weighted by Gasteiger charge is -2.29. The van der Waals surface area contributed by atoms with Crippen molar-refractivity contribution < 1.29 is 4.74 Å². The third kappa shape index (κ3) is 3.45. The molecule has 0 saturated carbocycles. The van der Waals surface area contributed by atoms with Crippen molar-refractivity contribution in [1.82, 2.24) is 15.0 Å². The van der Waals surface area contributed by atoms with E-state index < -0.39 is 0 Å². The average Bonchev–Trinajstić information content (AvgIpc) is 2.63. The standard InChI is InChI=1S/C13H23N5O/c1-3-10-8-6-5-7-9-18(10)12-15-11(14)16-13(17-12)19-4-2/h10H,3-9H2,1-2H3,(H2,14,15,16,17). The molecule has 0 spiro atoms. The van der Waals surface area contributed by atoms with E-state index in [2.05, 4.69) is 26.8 Å². The lowest BCUT2D eigenvalue weighted by molar-refractivity contribution is 0.311. The monoisotopic (exact) mass is 265 g/mol. The molecular weight excluding hydrogens is 242 g/mol. The Morgan fingerprint density at radius 3 is 2.79 bits per heavy atom. The van der Waals surface area contributed by atoms with Crippen LogP contribution in [0.15, 0.2) is 0 Å². The van der Waals surface area contributed by atoms with Crippen molar-refractivity contribution in [1.29, 1.82) is 0 Å². The molecule has 1 aliphatic rings. The van der Waals surface area contributed by atoms with Crippen LogP contribution in [-0.4, -0.2) is 34.1 Å². The number of aromatic nitrogens is 3. The van der Waals surface area contributed by atoms with Gasteiger partial charge in [-0.1, -0.05) is 19.8 Å². The van der Waals surface area contributed by atoms with Gasteiger partial charge in [0.1, 0.15) is 0 Å². The second-order valence-electron chi connectivity index (χ2n) is 4.81. The van der Waals surface area contributed by atoms with E-state index in [0.717, 1.165) is 13.0 Å². The van der Waals surface area contributed by atoms with Gasteiger partial charge < -0.3 is 15.4 Å². The summed E-state index contributed by atoms with van der Waals surface area (Å²) in [7, 11) is 0. The van der Waals surface area contributed by atoms with E-state index >= 15 is 0 Å². The van der Waals surface area contributed by atoms with Crippen LogP contribution < -0.4 is 15.4 Å². The van der Waals surface area contributed by atoms with Crippen molar-refractivity contribution in [3.8, 4) is 6.01 Å². The van der Waals surface area contributed by atoms with Crippen molar-refractivity contribution >= 4 is 11.9 Å². The summed E-state index contributed by atoms with van der Waals surface area (Å²) in [5, 5.41) is 0. The minimum absolute atomic E-state index is 0.229. The first-order valence-corrected chi connectivity index (χ1v) is 7.15. The minimum atomic E-state index is 0.229. The zero-order valence-corrected chi connectivity index (χ0v) is 11.8. The molecule has 106 valence electrons. The summed E-state index contributed by atoms with van der Waals surface area (Å²) in [6.07, 6.45) is 5.99. The number of hydrogen-bond acceptors (Lipinski definition) is 6. The molecule has 1 saturated heterocycles. The van der Waals surface area contributed by atoms with E-state index in [1.54, 1.807) is 0 Å². The molecule has 0 aliphatic carbocycles.